The molecule has 25 heavy (non-hydrogen) atoms. The molecule has 3 rings (SSSR count). The van der Waals surface area contributed by atoms with Crippen molar-refractivity contribution in [3.63, 3.8) is 0 Å². The Hall–Kier alpha value is -2.42. The summed E-state index contributed by atoms with van der Waals surface area (Å²) in [5, 5.41) is 2.83. The molecule has 0 spiro atoms. The number of benzene rings is 2. The van der Waals surface area contributed by atoms with Gasteiger partial charge in [-0.1, -0.05) is 30.3 Å². The van der Waals surface area contributed by atoms with E-state index < -0.39 is 10.0 Å². The standard InChI is InChI=1S/C17H20N4O3S/c1-25(23,24)21-14-9-7-13(8-10-14)18-17(22)16-11-15(19-20-16)12-5-3-2-4-6-12/h2-10,15-16,19-21H,11H2,1H3,(H,18,22). The van der Waals surface area contributed by atoms with Crippen molar-refractivity contribution in [2.75, 3.05) is 16.3 Å². The first-order chi connectivity index (χ1) is 11.9. The second-order valence-corrected chi connectivity index (χ2v) is 7.73. The van der Waals surface area contributed by atoms with Crippen LogP contribution in [0.5, 0.6) is 0 Å². The van der Waals surface area contributed by atoms with Gasteiger partial charge in [-0.2, -0.15) is 0 Å². The zero-order valence-electron chi connectivity index (χ0n) is 13.7. The molecule has 2 unspecified atom stereocenters. The van der Waals surface area contributed by atoms with Crippen LogP contribution in [0.15, 0.2) is 54.6 Å². The molecule has 2 aromatic rings. The molecule has 0 saturated carbocycles. The van der Waals surface area contributed by atoms with Crippen LogP contribution in [0, 0.1) is 0 Å². The highest BCUT2D eigenvalue weighted by Gasteiger charge is 2.29. The smallest absolute Gasteiger partial charge is 0.242 e. The number of sulfonamides is 1. The van der Waals surface area contributed by atoms with Gasteiger partial charge in [0.1, 0.15) is 6.04 Å². The van der Waals surface area contributed by atoms with E-state index in [-0.39, 0.29) is 18.0 Å². The van der Waals surface area contributed by atoms with Gasteiger partial charge in [0.05, 0.1) is 6.26 Å². The van der Waals surface area contributed by atoms with Crippen molar-refractivity contribution in [2.24, 2.45) is 0 Å². The van der Waals surface area contributed by atoms with Crippen molar-refractivity contribution in [3.05, 3.63) is 60.2 Å². The van der Waals surface area contributed by atoms with Crippen molar-refractivity contribution >= 4 is 27.3 Å². The molecule has 1 heterocycles. The molecule has 0 aromatic heterocycles. The molecule has 8 heteroatoms. The van der Waals surface area contributed by atoms with Crippen LogP contribution < -0.4 is 20.9 Å². The summed E-state index contributed by atoms with van der Waals surface area (Å²) in [4.78, 5) is 12.4. The largest absolute Gasteiger partial charge is 0.325 e. The third-order valence-corrected chi connectivity index (χ3v) is 4.48. The molecule has 2 atom stereocenters. The summed E-state index contributed by atoms with van der Waals surface area (Å²) in [7, 11) is -3.31. The summed E-state index contributed by atoms with van der Waals surface area (Å²) in [6.45, 7) is 0. The average Bonchev–Trinajstić information content (AvgIpc) is 3.06. The predicted octanol–water partition coefficient (Wildman–Crippen LogP) is 1.60. The molecular formula is C17H20N4O3S. The fraction of sp³-hybridized carbons (Fsp3) is 0.235. The van der Waals surface area contributed by atoms with E-state index in [4.69, 9.17) is 0 Å². The van der Waals surface area contributed by atoms with Crippen LogP contribution in [-0.2, 0) is 14.8 Å². The Bertz CT molecular complexity index is 838. The Morgan fingerprint density at radius 3 is 2.28 bits per heavy atom. The number of hydrazine groups is 1. The SMILES string of the molecule is CS(=O)(=O)Nc1ccc(NC(=O)C2CC(c3ccccc3)NN2)cc1. The van der Waals surface area contributed by atoms with Crippen LogP contribution >= 0.6 is 0 Å². The van der Waals surface area contributed by atoms with E-state index >= 15 is 0 Å². The second kappa shape index (κ2) is 7.22. The van der Waals surface area contributed by atoms with E-state index in [0.717, 1.165) is 11.8 Å². The number of carbonyl (C=O) groups is 1. The summed E-state index contributed by atoms with van der Waals surface area (Å²) in [5.41, 5.74) is 8.33. The third-order valence-electron chi connectivity index (χ3n) is 3.88. The Morgan fingerprint density at radius 1 is 1.00 bits per heavy atom. The summed E-state index contributed by atoms with van der Waals surface area (Å²) in [5.74, 6) is -0.144. The fourth-order valence-electron chi connectivity index (χ4n) is 2.70. The quantitative estimate of drug-likeness (QED) is 0.649. The van der Waals surface area contributed by atoms with Crippen LogP contribution in [0.1, 0.15) is 18.0 Å². The summed E-state index contributed by atoms with van der Waals surface area (Å²) in [6, 6.07) is 16.2. The average molecular weight is 360 g/mol. The monoisotopic (exact) mass is 360 g/mol. The van der Waals surface area contributed by atoms with Gasteiger partial charge in [0.2, 0.25) is 15.9 Å². The molecule has 0 aliphatic carbocycles. The molecule has 132 valence electrons. The van der Waals surface area contributed by atoms with Crippen molar-refractivity contribution in [1.29, 1.82) is 0 Å². The number of anilines is 2. The molecule has 0 radical (unpaired) electrons. The molecule has 1 aliphatic heterocycles. The zero-order chi connectivity index (χ0) is 17.9. The lowest BCUT2D eigenvalue weighted by Crippen LogP contribution is -2.39. The first-order valence-corrected chi connectivity index (χ1v) is 9.74. The molecule has 2 aromatic carbocycles. The minimum absolute atomic E-state index is 0.0817. The molecule has 1 amide bonds. The van der Waals surface area contributed by atoms with Crippen LogP contribution in [0.4, 0.5) is 11.4 Å². The number of hydrogen-bond donors (Lipinski definition) is 4. The van der Waals surface area contributed by atoms with E-state index in [0.29, 0.717) is 17.8 Å². The number of nitrogens with one attached hydrogen (secondary N) is 4. The molecule has 4 N–H and O–H groups in total. The van der Waals surface area contributed by atoms with Crippen LogP contribution in [-0.4, -0.2) is 26.6 Å². The zero-order valence-corrected chi connectivity index (χ0v) is 14.5. The van der Waals surface area contributed by atoms with Gasteiger partial charge >= 0.3 is 0 Å². The molecular weight excluding hydrogens is 340 g/mol. The van der Waals surface area contributed by atoms with Gasteiger partial charge < -0.3 is 5.32 Å². The minimum atomic E-state index is -3.31. The lowest BCUT2D eigenvalue weighted by molar-refractivity contribution is -0.117. The number of rotatable bonds is 5. The highest BCUT2D eigenvalue weighted by Crippen LogP contribution is 2.23. The van der Waals surface area contributed by atoms with Gasteiger partial charge in [0, 0.05) is 17.4 Å². The summed E-state index contributed by atoms with van der Waals surface area (Å²) in [6.07, 6.45) is 1.73. The maximum Gasteiger partial charge on any atom is 0.242 e. The Morgan fingerprint density at radius 2 is 1.64 bits per heavy atom. The third kappa shape index (κ3) is 4.79. The molecule has 1 saturated heterocycles. The van der Waals surface area contributed by atoms with Gasteiger partial charge in [-0.3, -0.25) is 9.52 Å². The van der Waals surface area contributed by atoms with Crippen molar-refractivity contribution in [1.82, 2.24) is 10.9 Å². The highest BCUT2D eigenvalue weighted by atomic mass is 32.2. The fourth-order valence-corrected chi connectivity index (χ4v) is 3.26. The van der Waals surface area contributed by atoms with E-state index in [9.17, 15) is 13.2 Å². The van der Waals surface area contributed by atoms with Crippen LogP contribution in [0.25, 0.3) is 0 Å². The Kier molecular flexibility index (Phi) is 5.03. The van der Waals surface area contributed by atoms with E-state index in [1.807, 2.05) is 30.3 Å². The number of hydrogen-bond acceptors (Lipinski definition) is 5. The minimum Gasteiger partial charge on any atom is -0.325 e. The van der Waals surface area contributed by atoms with E-state index in [1.165, 1.54) is 0 Å². The van der Waals surface area contributed by atoms with Gasteiger partial charge in [0.15, 0.2) is 0 Å². The molecule has 1 fully saturated rings. The Labute approximate surface area is 146 Å². The number of carbonyl (C=O) groups excluding carboxylic acids is 1. The van der Waals surface area contributed by atoms with Gasteiger partial charge in [0.25, 0.3) is 0 Å². The van der Waals surface area contributed by atoms with Gasteiger partial charge in [-0.25, -0.2) is 19.3 Å². The first-order valence-electron chi connectivity index (χ1n) is 7.85. The van der Waals surface area contributed by atoms with Crippen LogP contribution in [0.3, 0.4) is 0 Å². The maximum absolute atomic E-state index is 12.4. The summed E-state index contributed by atoms with van der Waals surface area (Å²) >= 11 is 0. The van der Waals surface area contributed by atoms with Gasteiger partial charge in [-0.15, -0.1) is 0 Å². The first kappa shape index (κ1) is 17.4. The van der Waals surface area contributed by atoms with Gasteiger partial charge in [-0.05, 0) is 36.2 Å². The lowest BCUT2D eigenvalue weighted by Gasteiger charge is -2.11. The van der Waals surface area contributed by atoms with Crippen LogP contribution in [0.2, 0.25) is 0 Å². The second-order valence-electron chi connectivity index (χ2n) is 5.98. The number of amides is 1. The summed E-state index contributed by atoms with van der Waals surface area (Å²) < 4.78 is 24.8. The highest BCUT2D eigenvalue weighted by molar-refractivity contribution is 7.92. The molecule has 0 bridgehead atoms. The van der Waals surface area contributed by atoms with Crippen molar-refractivity contribution in [3.8, 4) is 0 Å². The van der Waals surface area contributed by atoms with Crippen molar-refractivity contribution in [2.45, 2.75) is 18.5 Å². The molecule has 1 aliphatic rings. The predicted molar refractivity (Wildman–Crippen MR) is 97.4 cm³/mol. The maximum atomic E-state index is 12.4. The van der Waals surface area contributed by atoms with E-state index in [2.05, 4.69) is 20.9 Å². The topological polar surface area (TPSA) is 99.3 Å². The Balaban J connectivity index is 1.58. The lowest BCUT2D eigenvalue weighted by atomic mass is 10.0. The molecule has 7 nitrogen and oxygen atoms in total. The van der Waals surface area contributed by atoms with Crippen molar-refractivity contribution < 1.29 is 13.2 Å². The normalized spacial score (nSPS) is 20.2. The van der Waals surface area contributed by atoms with E-state index in [1.54, 1.807) is 24.3 Å².